The fourth-order valence-corrected chi connectivity index (χ4v) is 3.09. The van der Waals surface area contributed by atoms with Crippen molar-refractivity contribution in [1.82, 2.24) is 15.1 Å². The molecule has 0 aromatic rings. The monoisotopic (exact) mass is 283 g/mol. The number of rotatable bonds is 10. The minimum atomic E-state index is 0.457. The van der Waals surface area contributed by atoms with Gasteiger partial charge < -0.3 is 15.1 Å². The molecule has 0 saturated heterocycles. The number of nitrogens with one attached hydrogen (secondary N) is 1. The summed E-state index contributed by atoms with van der Waals surface area (Å²) in [6.45, 7) is 10.4. The summed E-state index contributed by atoms with van der Waals surface area (Å²) in [7, 11) is 6.79. The SMILES string of the molecule is CC(C)CNCCCC(C)N(C)CC1(N(C)C)CCC1. The first-order valence-corrected chi connectivity index (χ1v) is 8.46. The molecule has 0 spiro atoms. The topological polar surface area (TPSA) is 18.5 Å². The summed E-state index contributed by atoms with van der Waals surface area (Å²) in [6.07, 6.45) is 6.72. The van der Waals surface area contributed by atoms with Gasteiger partial charge in [-0.15, -0.1) is 0 Å². The van der Waals surface area contributed by atoms with Gasteiger partial charge >= 0.3 is 0 Å². The molecule has 1 aliphatic rings. The molecule has 3 heteroatoms. The second kappa shape index (κ2) is 8.35. The molecule has 0 radical (unpaired) electrons. The van der Waals surface area contributed by atoms with E-state index in [2.05, 4.69) is 57.0 Å². The first kappa shape index (κ1) is 17.9. The number of hydrogen-bond acceptors (Lipinski definition) is 3. The Morgan fingerprint density at radius 3 is 2.20 bits per heavy atom. The Kier molecular flexibility index (Phi) is 7.49. The highest BCUT2D eigenvalue weighted by Gasteiger charge is 2.40. The minimum absolute atomic E-state index is 0.457. The zero-order valence-corrected chi connectivity index (χ0v) is 14.7. The van der Waals surface area contributed by atoms with Gasteiger partial charge in [-0.3, -0.25) is 0 Å². The maximum atomic E-state index is 3.54. The Balaban J connectivity index is 2.20. The Labute approximate surface area is 127 Å². The van der Waals surface area contributed by atoms with Crippen molar-refractivity contribution in [2.45, 2.75) is 64.5 Å². The highest BCUT2D eigenvalue weighted by atomic mass is 15.2. The van der Waals surface area contributed by atoms with Crippen molar-refractivity contribution in [3.63, 3.8) is 0 Å². The predicted molar refractivity (Wildman–Crippen MR) is 89.3 cm³/mol. The molecule has 1 atom stereocenters. The Bertz CT molecular complexity index is 259. The maximum absolute atomic E-state index is 3.54. The molecule has 1 N–H and O–H groups in total. The summed E-state index contributed by atoms with van der Waals surface area (Å²) in [5.74, 6) is 0.758. The van der Waals surface area contributed by atoms with Gasteiger partial charge in [0.05, 0.1) is 0 Å². The Morgan fingerprint density at radius 2 is 1.75 bits per heavy atom. The fourth-order valence-electron chi connectivity index (χ4n) is 3.09. The number of nitrogens with zero attached hydrogens (tertiary/aromatic N) is 2. The van der Waals surface area contributed by atoms with E-state index in [1.54, 1.807) is 0 Å². The van der Waals surface area contributed by atoms with Crippen LogP contribution >= 0.6 is 0 Å². The van der Waals surface area contributed by atoms with Crippen molar-refractivity contribution < 1.29 is 0 Å². The average molecular weight is 284 g/mol. The lowest BCUT2D eigenvalue weighted by Crippen LogP contribution is -2.57. The Hall–Kier alpha value is -0.120. The van der Waals surface area contributed by atoms with E-state index in [4.69, 9.17) is 0 Å². The zero-order chi connectivity index (χ0) is 15.2. The van der Waals surface area contributed by atoms with E-state index in [0.29, 0.717) is 11.6 Å². The van der Waals surface area contributed by atoms with Crippen LogP contribution in [-0.2, 0) is 0 Å². The average Bonchev–Trinajstić information content (AvgIpc) is 2.31. The molecule has 20 heavy (non-hydrogen) atoms. The van der Waals surface area contributed by atoms with E-state index in [-0.39, 0.29) is 0 Å². The summed E-state index contributed by atoms with van der Waals surface area (Å²) in [6, 6.07) is 0.688. The summed E-state index contributed by atoms with van der Waals surface area (Å²) >= 11 is 0. The molecule has 120 valence electrons. The van der Waals surface area contributed by atoms with E-state index in [1.165, 1.54) is 38.6 Å². The van der Waals surface area contributed by atoms with Gasteiger partial charge in [-0.1, -0.05) is 13.8 Å². The van der Waals surface area contributed by atoms with Crippen LogP contribution in [0.4, 0.5) is 0 Å². The molecule has 0 aromatic carbocycles. The molecule has 1 saturated carbocycles. The lowest BCUT2D eigenvalue weighted by Gasteiger charge is -2.50. The predicted octanol–water partition coefficient (Wildman–Crippen LogP) is 2.82. The van der Waals surface area contributed by atoms with Crippen molar-refractivity contribution in [2.75, 3.05) is 40.8 Å². The first-order chi connectivity index (χ1) is 9.37. The van der Waals surface area contributed by atoms with E-state index in [9.17, 15) is 0 Å². The normalized spacial score (nSPS) is 19.6. The molecular weight excluding hydrogens is 246 g/mol. The lowest BCUT2D eigenvalue weighted by atomic mass is 9.75. The molecule has 1 fully saturated rings. The quantitative estimate of drug-likeness (QED) is 0.622. The van der Waals surface area contributed by atoms with Gasteiger partial charge in [-0.05, 0) is 79.2 Å². The fraction of sp³-hybridized carbons (Fsp3) is 1.00. The summed E-state index contributed by atoms with van der Waals surface area (Å²) < 4.78 is 0. The van der Waals surface area contributed by atoms with E-state index in [1.807, 2.05) is 0 Å². The smallest absolute Gasteiger partial charge is 0.0330 e. The van der Waals surface area contributed by atoms with Gasteiger partial charge in [0, 0.05) is 18.1 Å². The first-order valence-electron chi connectivity index (χ1n) is 8.46. The molecule has 0 amide bonds. The van der Waals surface area contributed by atoms with Crippen LogP contribution in [0, 0.1) is 5.92 Å². The third-order valence-corrected chi connectivity index (χ3v) is 5.06. The van der Waals surface area contributed by atoms with Crippen LogP contribution in [0.15, 0.2) is 0 Å². The van der Waals surface area contributed by atoms with Crippen LogP contribution in [0.2, 0.25) is 0 Å². The largest absolute Gasteiger partial charge is 0.316 e. The van der Waals surface area contributed by atoms with Crippen LogP contribution in [0.1, 0.15) is 52.9 Å². The van der Waals surface area contributed by atoms with Crippen LogP contribution in [-0.4, -0.2) is 62.2 Å². The summed E-state index contributed by atoms with van der Waals surface area (Å²) in [4.78, 5) is 5.02. The van der Waals surface area contributed by atoms with Crippen molar-refractivity contribution in [1.29, 1.82) is 0 Å². The second-order valence-electron chi connectivity index (χ2n) is 7.48. The summed E-state index contributed by atoms with van der Waals surface area (Å²) in [5, 5.41) is 3.54. The molecule has 0 bridgehead atoms. The van der Waals surface area contributed by atoms with Gasteiger partial charge in [0.15, 0.2) is 0 Å². The van der Waals surface area contributed by atoms with Gasteiger partial charge in [0.1, 0.15) is 0 Å². The molecule has 1 aliphatic carbocycles. The van der Waals surface area contributed by atoms with Crippen LogP contribution in [0.5, 0.6) is 0 Å². The van der Waals surface area contributed by atoms with Crippen LogP contribution < -0.4 is 5.32 Å². The number of hydrogen-bond donors (Lipinski definition) is 1. The molecule has 0 aliphatic heterocycles. The van der Waals surface area contributed by atoms with E-state index in [0.717, 1.165) is 19.0 Å². The van der Waals surface area contributed by atoms with Gasteiger partial charge in [0.2, 0.25) is 0 Å². The molecule has 0 heterocycles. The summed E-state index contributed by atoms with van der Waals surface area (Å²) in [5.41, 5.74) is 0.457. The van der Waals surface area contributed by atoms with Crippen molar-refractivity contribution >= 4 is 0 Å². The minimum Gasteiger partial charge on any atom is -0.316 e. The van der Waals surface area contributed by atoms with E-state index < -0.39 is 0 Å². The third-order valence-electron chi connectivity index (χ3n) is 5.06. The second-order valence-corrected chi connectivity index (χ2v) is 7.48. The van der Waals surface area contributed by atoms with Crippen molar-refractivity contribution in [2.24, 2.45) is 5.92 Å². The van der Waals surface area contributed by atoms with Crippen molar-refractivity contribution in [3.8, 4) is 0 Å². The van der Waals surface area contributed by atoms with Crippen molar-refractivity contribution in [3.05, 3.63) is 0 Å². The van der Waals surface area contributed by atoms with Gasteiger partial charge in [0.25, 0.3) is 0 Å². The molecule has 0 aromatic heterocycles. The molecule has 1 rings (SSSR count). The third kappa shape index (κ3) is 5.34. The highest BCUT2D eigenvalue weighted by Crippen LogP contribution is 2.37. The van der Waals surface area contributed by atoms with E-state index >= 15 is 0 Å². The molecule has 3 nitrogen and oxygen atoms in total. The highest BCUT2D eigenvalue weighted by molar-refractivity contribution is 4.98. The van der Waals surface area contributed by atoms with Crippen LogP contribution in [0.25, 0.3) is 0 Å². The van der Waals surface area contributed by atoms with Gasteiger partial charge in [-0.25, -0.2) is 0 Å². The standard InChI is InChI=1S/C17H37N3/c1-15(2)13-18-12-7-9-16(3)20(6)14-17(19(4)5)10-8-11-17/h15-16,18H,7-14H2,1-6H3. The molecule has 1 unspecified atom stereocenters. The van der Waals surface area contributed by atoms with Gasteiger partial charge in [-0.2, -0.15) is 0 Å². The Morgan fingerprint density at radius 1 is 1.10 bits per heavy atom. The van der Waals surface area contributed by atoms with Crippen LogP contribution in [0.3, 0.4) is 0 Å². The lowest BCUT2D eigenvalue weighted by molar-refractivity contribution is 0.0170. The number of likely N-dealkylation sites (N-methyl/N-ethyl adjacent to an activating group) is 2. The maximum Gasteiger partial charge on any atom is 0.0330 e. The molecular formula is C17H37N3. The zero-order valence-electron chi connectivity index (χ0n) is 14.7.